The molecular formula is C61H73ClN10O12S2. The van der Waals surface area contributed by atoms with Crippen LogP contribution >= 0.6 is 33.2 Å². The van der Waals surface area contributed by atoms with Gasteiger partial charge >= 0.3 is 0 Å². The van der Waals surface area contributed by atoms with Crippen LogP contribution in [0.15, 0.2) is 127 Å². The van der Waals surface area contributed by atoms with E-state index >= 15 is 0 Å². The lowest BCUT2D eigenvalue weighted by molar-refractivity contribution is -0.136. The summed E-state index contributed by atoms with van der Waals surface area (Å²) >= 11 is 6.09. The van der Waals surface area contributed by atoms with E-state index in [1.807, 2.05) is 30.3 Å². The van der Waals surface area contributed by atoms with E-state index in [4.69, 9.17) is 28.8 Å². The van der Waals surface area contributed by atoms with E-state index in [0.717, 1.165) is 27.2 Å². The number of benzene rings is 5. The molecule has 0 aliphatic carbocycles. The van der Waals surface area contributed by atoms with Gasteiger partial charge in [-0.25, -0.2) is 0 Å². The average Bonchev–Trinajstić information content (AvgIpc) is 3.64. The Bertz CT molecular complexity index is 3110. The van der Waals surface area contributed by atoms with Crippen molar-refractivity contribution >= 4 is 86.2 Å². The summed E-state index contributed by atoms with van der Waals surface area (Å²) in [5, 5.41) is 50.2. The van der Waals surface area contributed by atoms with Crippen LogP contribution in [0.2, 0.25) is 5.02 Å². The zero-order valence-corrected chi connectivity index (χ0v) is 49.6. The number of unbranched alkanes of at least 4 members (excludes halogenated alkanes) is 1. The molecule has 1 saturated heterocycles. The lowest BCUT2D eigenvalue weighted by atomic mass is 9.98. The van der Waals surface area contributed by atoms with Gasteiger partial charge in [0.05, 0.1) is 12.1 Å². The number of carbonyl (C=O) groups is 9. The summed E-state index contributed by atoms with van der Waals surface area (Å²) in [6.07, 6.45) is -1.15. The molecule has 5 aromatic carbocycles. The summed E-state index contributed by atoms with van der Waals surface area (Å²) in [4.78, 5) is 127. The number of carbonyl (C=O) groups excluding carboxylic acids is 9. The van der Waals surface area contributed by atoms with Crippen LogP contribution in [-0.4, -0.2) is 141 Å². The van der Waals surface area contributed by atoms with E-state index in [1.165, 1.54) is 55.5 Å². The predicted molar refractivity (Wildman–Crippen MR) is 328 cm³/mol. The molecule has 0 spiro atoms. The van der Waals surface area contributed by atoms with Crippen LogP contribution in [0.5, 0.6) is 11.5 Å². The maximum atomic E-state index is 14.9. The normalized spacial score (nSPS) is 20.3. The summed E-state index contributed by atoms with van der Waals surface area (Å²) < 4.78 is 0. The maximum Gasteiger partial charge on any atom is 0.245 e. The molecule has 1 fully saturated rings. The maximum absolute atomic E-state index is 14.9. The van der Waals surface area contributed by atoms with Gasteiger partial charge in [0.1, 0.15) is 59.6 Å². The molecule has 1 aliphatic rings. The molecule has 9 atom stereocenters. The van der Waals surface area contributed by atoms with E-state index in [0.29, 0.717) is 39.3 Å². The summed E-state index contributed by atoms with van der Waals surface area (Å²) in [5.41, 5.74) is 21.7. The van der Waals surface area contributed by atoms with Crippen molar-refractivity contribution in [3.05, 3.63) is 166 Å². The molecule has 0 unspecified atom stereocenters. The number of phenols is 2. The van der Waals surface area contributed by atoms with Crippen molar-refractivity contribution in [1.29, 1.82) is 0 Å². The smallest absolute Gasteiger partial charge is 0.245 e. The lowest BCUT2D eigenvalue weighted by Crippen LogP contribution is -2.62. The first-order chi connectivity index (χ1) is 41.1. The van der Waals surface area contributed by atoms with Gasteiger partial charge in [-0.05, 0) is 109 Å². The van der Waals surface area contributed by atoms with Gasteiger partial charge in [0.2, 0.25) is 47.3 Å². The molecule has 0 aromatic heterocycles. The quantitative estimate of drug-likeness (QED) is 0.0345. The van der Waals surface area contributed by atoms with E-state index in [1.54, 1.807) is 48.5 Å². The van der Waals surface area contributed by atoms with Crippen LogP contribution in [0, 0.1) is 0 Å². The summed E-state index contributed by atoms with van der Waals surface area (Å²) in [6, 6.07) is 22.6. The number of phenolic OH excluding ortho intramolecular Hbond substituents is 2. The van der Waals surface area contributed by atoms with Crippen LogP contribution in [0.3, 0.4) is 0 Å². The topological polar surface area (TPSA) is 377 Å². The van der Waals surface area contributed by atoms with Crippen LogP contribution in [0.4, 0.5) is 0 Å². The minimum Gasteiger partial charge on any atom is -0.508 e. The minimum atomic E-state index is -1.76. The number of primary amides is 1. The largest absolute Gasteiger partial charge is 0.508 e. The van der Waals surface area contributed by atoms with Crippen molar-refractivity contribution in [3.8, 4) is 11.5 Å². The number of hydrogen-bond donors (Lipinski definition) is 13. The van der Waals surface area contributed by atoms with E-state index in [9.17, 15) is 58.5 Å². The third-order valence-corrected chi connectivity index (χ3v) is 16.6. The highest BCUT2D eigenvalue weighted by Crippen LogP contribution is 2.25. The fraction of sp³-hybridized carbons (Fsp3) is 0.361. The second kappa shape index (κ2) is 33.6. The number of aliphatic hydroxyl groups excluding tert-OH is 1. The summed E-state index contributed by atoms with van der Waals surface area (Å²) in [6.45, 7) is 1.44. The van der Waals surface area contributed by atoms with Gasteiger partial charge in [0.25, 0.3) is 0 Å². The Labute approximate surface area is 511 Å². The number of nitrogens with two attached hydrogens (primary N) is 3. The number of rotatable bonds is 22. The van der Waals surface area contributed by atoms with E-state index in [2.05, 4.69) is 37.2 Å². The number of Topliss-reactive ketones (excluding diaryl/α,β-unsaturated/α-hetero) is 1. The van der Waals surface area contributed by atoms with Gasteiger partial charge < -0.3 is 69.7 Å². The Morgan fingerprint density at radius 2 is 1.09 bits per heavy atom. The number of hydrogen-bond acceptors (Lipinski definition) is 16. The van der Waals surface area contributed by atoms with Crippen LogP contribution in [0.25, 0.3) is 0 Å². The second-order valence-corrected chi connectivity index (χ2v) is 23.9. The molecule has 1 aliphatic heterocycles. The molecule has 0 saturated carbocycles. The SMILES string of the molecule is C[C@@H](O)[C@@H]1NC(=O)[C@H](CCCCN)NC(=O)[C@@H](Cc2ccc(CC(=O)Cc3ccccc3)cc2)NC(=O)[C@H](Cc2ccc(O)cc2)NC(=O)[C@H](NC(=O)[C@@H](N)Cc2ccc(Cl)cc2)CSSC[C@@H](C(=O)N[C@H](Cc2ccc(O)cc2)C(N)=O)NC1=O. The van der Waals surface area contributed by atoms with E-state index < -0.39 is 102 Å². The van der Waals surface area contributed by atoms with Gasteiger partial charge in [-0.15, -0.1) is 0 Å². The molecule has 86 heavy (non-hydrogen) atoms. The molecule has 1 heterocycles. The molecular weight excluding hydrogens is 1160 g/mol. The fourth-order valence-corrected chi connectivity index (χ4v) is 11.6. The highest BCUT2D eigenvalue weighted by Gasteiger charge is 2.36. The Hall–Kier alpha value is -8.00. The number of aromatic hydroxyl groups is 2. The number of ketones is 1. The van der Waals surface area contributed by atoms with Gasteiger partial charge in [0, 0.05) is 48.6 Å². The van der Waals surface area contributed by atoms with Crippen LogP contribution in [0.1, 0.15) is 59.6 Å². The van der Waals surface area contributed by atoms with Crippen molar-refractivity contribution < 1.29 is 58.5 Å². The Kier molecular flexibility index (Phi) is 26.3. The fourth-order valence-electron chi connectivity index (χ4n) is 9.13. The van der Waals surface area contributed by atoms with Crippen LogP contribution < -0.4 is 54.4 Å². The van der Waals surface area contributed by atoms with Gasteiger partial charge in [-0.3, -0.25) is 43.2 Å². The van der Waals surface area contributed by atoms with Crippen LogP contribution in [-0.2, 0) is 81.7 Å². The number of halogens is 1. The molecule has 0 radical (unpaired) electrons. The predicted octanol–water partition coefficient (Wildman–Crippen LogP) is 1.49. The monoisotopic (exact) mass is 1240 g/mol. The molecule has 16 N–H and O–H groups in total. The highest BCUT2D eigenvalue weighted by molar-refractivity contribution is 8.76. The third kappa shape index (κ3) is 21.8. The molecule has 0 bridgehead atoms. The molecule has 25 heteroatoms. The molecule has 22 nitrogen and oxygen atoms in total. The second-order valence-electron chi connectivity index (χ2n) is 20.9. The van der Waals surface area contributed by atoms with Crippen molar-refractivity contribution in [2.75, 3.05) is 18.1 Å². The highest BCUT2D eigenvalue weighted by atomic mass is 35.5. The standard InChI is InChI=1S/C61H73ClN10O12S2/c1-35(73)53-61(84)71-52(59(82)67-48(54(65)77)30-40-16-22-43(74)23-17-40)34-86-85-33-51(70-55(78)46(64)29-38-14-20-42(62)21-15-38)60(83)69-50(32-41-18-24-44(75)25-19-41)58(81)68-49(57(80)66-47(56(79)72-53)9-5-6-26-63)31-39-12-10-37(11-13-39)28-45(76)27-36-7-3-2-4-8-36/h2-4,7-8,10-25,35,46-53,73-75H,5-6,9,26-34,63-64H2,1H3,(H2,65,77)(H,66,80)(H,67,82)(H,68,81)(H,69,83)(H,70,78)(H,71,84)(H,72,79)/t35-,46+,47+,48-,49-,50+,51-,52+,53+/m1/s1. The Morgan fingerprint density at radius 3 is 1.66 bits per heavy atom. The first-order valence-corrected chi connectivity index (χ1v) is 30.7. The Morgan fingerprint density at radius 1 is 0.605 bits per heavy atom. The molecule has 8 amide bonds. The zero-order chi connectivity index (χ0) is 62.3. The summed E-state index contributed by atoms with van der Waals surface area (Å²) in [5.74, 6) is -7.96. The minimum absolute atomic E-state index is 0.0288. The molecule has 6 rings (SSSR count). The third-order valence-electron chi connectivity index (χ3n) is 14.0. The summed E-state index contributed by atoms with van der Waals surface area (Å²) in [7, 11) is 1.92. The van der Waals surface area contributed by atoms with Gasteiger partial charge in [0.15, 0.2) is 0 Å². The van der Waals surface area contributed by atoms with Gasteiger partial charge in [-0.2, -0.15) is 0 Å². The first-order valence-electron chi connectivity index (χ1n) is 27.9. The van der Waals surface area contributed by atoms with Crippen molar-refractivity contribution in [3.63, 3.8) is 0 Å². The number of nitrogens with one attached hydrogen (secondary N) is 7. The van der Waals surface area contributed by atoms with Crippen molar-refractivity contribution in [2.45, 2.75) is 119 Å². The first kappa shape index (κ1) is 67.1. The molecule has 458 valence electrons. The van der Waals surface area contributed by atoms with Crippen molar-refractivity contribution in [1.82, 2.24) is 37.2 Å². The molecule has 5 aromatic rings. The average molecular weight is 1240 g/mol. The number of amides is 8. The van der Waals surface area contributed by atoms with Crippen molar-refractivity contribution in [2.24, 2.45) is 17.2 Å². The zero-order valence-electron chi connectivity index (χ0n) is 47.2. The van der Waals surface area contributed by atoms with Gasteiger partial charge in [-0.1, -0.05) is 124 Å². The lowest BCUT2D eigenvalue weighted by Gasteiger charge is -2.29. The Balaban J connectivity index is 1.38. The number of aliphatic hydroxyl groups is 1. The van der Waals surface area contributed by atoms with E-state index in [-0.39, 0.29) is 86.7 Å².